The van der Waals surface area contributed by atoms with Crippen LogP contribution < -0.4 is 15.0 Å². The van der Waals surface area contributed by atoms with Crippen molar-refractivity contribution in [1.29, 1.82) is 0 Å². The molecule has 152 valence electrons. The number of fused-ring (bicyclic) bond motifs is 1. The molecule has 2 aliphatic heterocycles. The first-order valence-electron chi connectivity index (χ1n) is 10.4. The van der Waals surface area contributed by atoms with Crippen molar-refractivity contribution in [2.45, 2.75) is 50.9 Å². The van der Waals surface area contributed by atoms with Crippen molar-refractivity contribution < 1.29 is 19.0 Å². The first kappa shape index (κ1) is 18.5. The van der Waals surface area contributed by atoms with Crippen LogP contribution in [-0.4, -0.2) is 31.0 Å². The van der Waals surface area contributed by atoms with E-state index in [1.165, 1.54) is 11.1 Å². The third kappa shape index (κ3) is 3.72. The van der Waals surface area contributed by atoms with Crippen LogP contribution in [0.25, 0.3) is 5.70 Å². The zero-order chi connectivity index (χ0) is 19.8. The van der Waals surface area contributed by atoms with Gasteiger partial charge in [0.15, 0.2) is 11.5 Å². The molecule has 29 heavy (non-hydrogen) atoms. The van der Waals surface area contributed by atoms with Crippen LogP contribution in [0.1, 0.15) is 37.0 Å². The van der Waals surface area contributed by atoms with E-state index in [2.05, 4.69) is 41.9 Å². The number of ether oxygens (including phenoxy) is 3. The van der Waals surface area contributed by atoms with Crippen LogP contribution in [0.4, 0.5) is 0 Å². The molecule has 2 heterocycles. The SMILES string of the molecule is CC(C)Oc1ccc(C2=CC3(CCOC3)ON2)cc1OC1Cc2ccccc2C1. The van der Waals surface area contributed by atoms with Crippen LogP contribution in [-0.2, 0) is 22.4 Å². The minimum absolute atomic E-state index is 0.0787. The van der Waals surface area contributed by atoms with E-state index in [1.807, 2.05) is 26.0 Å². The second-order valence-corrected chi connectivity index (χ2v) is 8.37. The summed E-state index contributed by atoms with van der Waals surface area (Å²) in [6, 6.07) is 14.7. The molecule has 5 rings (SSSR count). The van der Waals surface area contributed by atoms with E-state index >= 15 is 0 Å². The van der Waals surface area contributed by atoms with Gasteiger partial charge in [0.1, 0.15) is 11.7 Å². The molecular weight excluding hydrogens is 366 g/mol. The lowest BCUT2D eigenvalue weighted by molar-refractivity contribution is -0.0373. The van der Waals surface area contributed by atoms with E-state index in [0.717, 1.165) is 48.6 Å². The van der Waals surface area contributed by atoms with Crippen molar-refractivity contribution in [3.05, 3.63) is 65.2 Å². The predicted octanol–water partition coefficient (Wildman–Crippen LogP) is 4.05. The molecule has 1 fully saturated rings. The average Bonchev–Trinajstić information content (AvgIpc) is 3.43. The highest BCUT2D eigenvalue weighted by molar-refractivity contribution is 5.68. The van der Waals surface area contributed by atoms with Crippen LogP contribution in [0.3, 0.4) is 0 Å². The second kappa shape index (κ2) is 7.39. The number of benzene rings is 2. The molecule has 1 N–H and O–H groups in total. The van der Waals surface area contributed by atoms with Gasteiger partial charge in [-0.15, -0.1) is 0 Å². The van der Waals surface area contributed by atoms with Crippen molar-refractivity contribution in [3.63, 3.8) is 0 Å². The molecule has 2 aromatic carbocycles. The fourth-order valence-corrected chi connectivity index (χ4v) is 4.28. The first-order valence-corrected chi connectivity index (χ1v) is 10.4. The third-order valence-corrected chi connectivity index (χ3v) is 5.71. The lowest BCUT2D eigenvalue weighted by atomic mass is 10.0. The Morgan fingerprint density at radius 3 is 2.55 bits per heavy atom. The van der Waals surface area contributed by atoms with Crippen LogP contribution in [0.5, 0.6) is 11.5 Å². The van der Waals surface area contributed by atoms with Gasteiger partial charge in [-0.1, -0.05) is 24.3 Å². The second-order valence-electron chi connectivity index (χ2n) is 8.37. The Morgan fingerprint density at radius 1 is 1.07 bits per heavy atom. The first-order chi connectivity index (χ1) is 14.1. The van der Waals surface area contributed by atoms with Gasteiger partial charge in [-0.2, -0.15) is 0 Å². The Labute approximate surface area is 171 Å². The molecule has 1 atom stereocenters. The van der Waals surface area contributed by atoms with Gasteiger partial charge in [-0.25, -0.2) is 0 Å². The fraction of sp³-hybridized carbons (Fsp3) is 0.417. The maximum absolute atomic E-state index is 6.46. The lowest BCUT2D eigenvalue weighted by Crippen LogP contribution is -2.29. The molecule has 5 nitrogen and oxygen atoms in total. The van der Waals surface area contributed by atoms with Gasteiger partial charge in [0.25, 0.3) is 0 Å². The zero-order valence-electron chi connectivity index (χ0n) is 16.9. The molecular formula is C24H27NO4. The van der Waals surface area contributed by atoms with Gasteiger partial charge in [0.05, 0.1) is 18.4 Å². The van der Waals surface area contributed by atoms with E-state index in [1.54, 1.807) is 0 Å². The summed E-state index contributed by atoms with van der Waals surface area (Å²) in [4.78, 5) is 5.84. The van der Waals surface area contributed by atoms with E-state index < -0.39 is 0 Å². The highest BCUT2D eigenvalue weighted by Crippen LogP contribution is 2.37. The van der Waals surface area contributed by atoms with Gasteiger partial charge < -0.3 is 14.2 Å². The summed E-state index contributed by atoms with van der Waals surface area (Å²) in [6.45, 7) is 5.37. The smallest absolute Gasteiger partial charge is 0.162 e. The predicted molar refractivity (Wildman–Crippen MR) is 111 cm³/mol. The minimum atomic E-state index is -0.351. The number of nitrogens with one attached hydrogen (secondary N) is 1. The van der Waals surface area contributed by atoms with Crippen molar-refractivity contribution in [1.82, 2.24) is 5.48 Å². The molecule has 0 saturated carbocycles. The summed E-state index contributed by atoms with van der Waals surface area (Å²) in [7, 11) is 0. The fourth-order valence-electron chi connectivity index (χ4n) is 4.28. The highest BCUT2D eigenvalue weighted by atomic mass is 16.7. The Morgan fingerprint density at radius 2 is 1.86 bits per heavy atom. The van der Waals surface area contributed by atoms with E-state index in [9.17, 15) is 0 Å². The molecule has 5 heteroatoms. The largest absolute Gasteiger partial charge is 0.487 e. The summed E-state index contributed by atoms with van der Waals surface area (Å²) in [6.07, 6.45) is 5.04. The quantitative estimate of drug-likeness (QED) is 0.830. The molecule has 3 aliphatic rings. The Bertz CT molecular complexity index is 905. The summed E-state index contributed by atoms with van der Waals surface area (Å²) < 4.78 is 18.0. The standard InChI is InChI=1S/C24H27NO4/c1-16(2)27-22-8-7-19(21-14-24(29-25-21)9-10-26-15-24)13-23(22)28-20-11-17-5-3-4-6-18(17)12-20/h3-8,13-14,16,20,25H,9-12,15H2,1-2H3. The summed E-state index contributed by atoms with van der Waals surface area (Å²) in [5.41, 5.74) is 7.45. The van der Waals surface area contributed by atoms with Gasteiger partial charge >= 0.3 is 0 Å². The molecule has 0 aromatic heterocycles. The summed E-state index contributed by atoms with van der Waals surface area (Å²) >= 11 is 0. The van der Waals surface area contributed by atoms with Crippen LogP contribution in [0, 0.1) is 0 Å². The molecule has 2 aromatic rings. The van der Waals surface area contributed by atoms with E-state index in [4.69, 9.17) is 19.0 Å². The average molecular weight is 393 g/mol. The van der Waals surface area contributed by atoms with Crippen molar-refractivity contribution in [3.8, 4) is 11.5 Å². The maximum atomic E-state index is 6.46. The van der Waals surface area contributed by atoms with Crippen molar-refractivity contribution in [2.75, 3.05) is 13.2 Å². The highest BCUT2D eigenvalue weighted by Gasteiger charge is 2.39. The maximum Gasteiger partial charge on any atom is 0.162 e. The normalized spacial score (nSPS) is 23.3. The molecule has 0 bridgehead atoms. The monoisotopic (exact) mass is 393 g/mol. The Kier molecular flexibility index (Phi) is 4.72. The van der Waals surface area contributed by atoms with E-state index in [0.29, 0.717) is 6.61 Å². The molecule has 1 aliphatic carbocycles. The summed E-state index contributed by atoms with van der Waals surface area (Å²) in [5, 5.41) is 0. The Balaban J connectivity index is 1.41. The number of hydrogen-bond acceptors (Lipinski definition) is 5. The zero-order valence-corrected chi connectivity index (χ0v) is 16.9. The topological polar surface area (TPSA) is 49.0 Å². The van der Waals surface area contributed by atoms with Gasteiger partial charge in [-0.3, -0.25) is 10.3 Å². The third-order valence-electron chi connectivity index (χ3n) is 5.71. The molecule has 0 radical (unpaired) electrons. The number of rotatable bonds is 5. The Hall–Kier alpha value is -2.50. The van der Waals surface area contributed by atoms with Crippen molar-refractivity contribution >= 4 is 5.70 Å². The van der Waals surface area contributed by atoms with Gasteiger partial charge in [0, 0.05) is 31.4 Å². The van der Waals surface area contributed by atoms with Crippen LogP contribution in [0.2, 0.25) is 0 Å². The van der Waals surface area contributed by atoms with E-state index in [-0.39, 0.29) is 17.8 Å². The lowest BCUT2D eigenvalue weighted by Gasteiger charge is -2.19. The van der Waals surface area contributed by atoms with Gasteiger partial charge in [0.2, 0.25) is 0 Å². The number of hydroxylamine groups is 1. The van der Waals surface area contributed by atoms with Gasteiger partial charge in [-0.05, 0) is 49.2 Å². The van der Waals surface area contributed by atoms with Crippen molar-refractivity contribution in [2.24, 2.45) is 0 Å². The van der Waals surface area contributed by atoms with Crippen LogP contribution in [0.15, 0.2) is 48.5 Å². The molecule has 1 saturated heterocycles. The van der Waals surface area contributed by atoms with Crippen LogP contribution >= 0.6 is 0 Å². The molecule has 0 amide bonds. The summed E-state index contributed by atoms with van der Waals surface area (Å²) in [5.74, 6) is 1.55. The molecule has 1 spiro atoms. The molecule has 1 unspecified atom stereocenters. The number of hydrogen-bond donors (Lipinski definition) is 1. The minimum Gasteiger partial charge on any atom is -0.487 e.